The minimum atomic E-state index is -4.28. The molecule has 0 saturated heterocycles. The molecule has 0 aliphatic rings. The van der Waals surface area contributed by atoms with Gasteiger partial charge < -0.3 is 20.8 Å². The molecule has 4 N–H and O–H groups in total. The number of nitrogens with one attached hydrogen (secondary N) is 2. The number of anilines is 2. The number of nitrogens with two attached hydrogens (primary N) is 1. The number of primary amides is 1. The first-order chi connectivity index (χ1) is 17.1. The van der Waals surface area contributed by atoms with Crippen molar-refractivity contribution in [2.75, 3.05) is 17.2 Å². The minimum absolute atomic E-state index is 0.00248. The molecule has 11 nitrogen and oxygen atoms in total. The molecule has 4 heterocycles. The molecule has 0 aromatic carbocycles. The van der Waals surface area contributed by atoms with Crippen molar-refractivity contribution in [2.45, 2.75) is 20.0 Å². The molecule has 4 aromatic rings. The second-order valence-electron chi connectivity index (χ2n) is 7.31. The van der Waals surface area contributed by atoms with E-state index in [0.717, 1.165) is 5.69 Å². The molecular formula is C22H21F3N8O3. The average Bonchev–Trinajstić information content (AvgIpc) is 3.45. The fourth-order valence-corrected chi connectivity index (χ4v) is 2.79. The Hall–Kier alpha value is -4.75. The maximum Gasteiger partial charge on any atom is 0.405 e. The van der Waals surface area contributed by atoms with Gasteiger partial charge in [0.25, 0.3) is 5.91 Å². The summed E-state index contributed by atoms with van der Waals surface area (Å²) in [6.07, 6.45) is 2.16. The molecule has 0 fully saturated rings. The summed E-state index contributed by atoms with van der Waals surface area (Å²) in [5, 5.41) is 8.58. The predicted octanol–water partition coefficient (Wildman–Crippen LogP) is 3.26. The highest BCUT2D eigenvalue weighted by atomic mass is 19.4. The van der Waals surface area contributed by atoms with Crippen LogP contribution in [0.25, 0.3) is 17.1 Å². The summed E-state index contributed by atoms with van der Waals surface area (Å²) < 4.78 is 42.7. The summed E-state index contributed by atoms with van der Waals surface area (Å²) in [7, 11) is 0. The van der Waals surface area contributed by atoms with E-state index >= 15 is 0 Å². The number of hydrogen-bond donors (Lipinski definition) is 3. The zero-order valence-electron chi connectivity index (χ0n) is 19.1. The lowest BCUT2D eigenvalue weighted by Crippen LogP contribution is -2.21. The van der Waals surface area contributed by atoms with Crippen LogP contribution in [0.5, 0.6) is 0 Å². The predicted molar refractivity (Wildman–Crippen MR) is 123 cm³/mol. The van der Waals surface area contributed by atoms with Gasteiger partial charge in [-0.1, -0.05) is 0 Å². The van der Waals surface area contributed by atoms with Crippen LogP contribution in [0, 0.1) is 13.8 Å². The standard InChI is InChI=1S/C11H10F3N3O.C11H11N5O2/c1-7-5-18-10(17-7)8-2-3-15-9(4-8)16-6-11(12,13)14;1-7-2-3-8(4-13-7)16-5-9(14-6-17)10(15-16)11(12)18/h2-5H,6H2,1H3,(H,15,16);2-6H,1H3,(H2,12,18)(H,14,17). The van der Waals surface area contributed by atoms with Crippen molar-refractivity contribution in [2.24, 2.45) is 5.73 Å². The molecule has 0 spiro atoms. The fourth-order valence-electron chi connectivity index (χ4n) is 2.79. The topological polar surface area (TPSA) is 154 Å². The Labute approximate surface area is 202 Å². The normalized spacial score (nSPS) is 10.8. The Kier molecular flexibility index (Phi) is 7.99. The van der Waals surface area contributed by atoms with E-state index in [1.54, 1.807) is 25.3 Å². The van der Waals surface area contributed by atoms with Gasteiger partial charge in [-0.2, -0.15) is 18.3 Å². The number of rotatable bonds is 7. The highest BCUT2D eigenvalue weighted by Crippen LogP contribution is 2.22. The third kappa shape index (κ3) is 7.12. The van der Waals surface area contributed by atoms with Crippen LogP contribution in [-0.2, 0) is 4.79 Å². The van der Waals surface area contributed by atoms with Crippen molar-refractivity contribution in [1.29, 1.82) is 0 Å². The van der Waals surface area contributed by atoms with Crippen LogP contribution < -0.4 is 16.4 Å². The van der Waals surface area contributed by atoms with Crippen LogP contribution in [0.4, 0.5) is 24.7 Å². The number of halogens is 3. The Morgan fingerprint density at radius 3 is 2.56 bits per heavy atom. The third-order valence-corrected chi connectivity index (χ3v) is 4.42. The van der Waals surface area contributed by atoms with E-state index in [9.17, 15) is 22.8 Å². The van der Waals surface area contributed by atoms with Crippen LogP contribution in [0.3, 0.4) is 0 Å². The first-order valence-electron chi connectivity index (χ1n) is 10.3. The van der Waals surface area contributed by atoms with Gasteiger partial charge in [-0.15, -0.1) is 0 Å². The first-order valence-corrected chi connectivity index (χ1v) is 10.3. The second kappa shape index (κ2) is 11.1. The van der Waals surface area contributed by atoms with E-state index in [1.165, 1.54) is 29.4 Å². The van der Waals surface area contributed by atoms with Crippen LogP contribution in [-0.4, -0.2) is 49.8 Å². The van der Waals surface area contributed by atoms with Gasteiger partial charge in [0.15, 0.2) is 5.69 Å². The monoisotopic (exact) mass is 502 g/mol. The third-order valence-electron chi connectivity index (χ3n) is 4.42. The van der Waals surface area contributed by atoms with Crippen LogP contribution in [0.1, 0.15) is 21.9 Å². The number of alkyl halides is 3. The molecule has 2 amide bonds. The summed E-state index contributed by atoms with van der Waals surface area (Å²) in [4.78, 5) is 33.6. The molecule has 188 valence electrons. The van der Waals surface area contributed by atoms with Crippen molar-refractivity contribution in [3.8, 4) is 17.1 Å². The second-order valence-corrected chi connectivity index (χ2v) is 7.31. The number of carbonyl (C=O) groups excluding carboxylic acids is 2. The summed E-state index contributed by atoms with van der Waals surface area (Å²) in [6.45, 7) is 2.49. The largest absolute Gasteiger partial charge is 0.444 e. The smallest absolute Gasteiger partial charge is 0.405 e. The van der Waals surface area contributed by atoms with E-state index in [0.29, 0.717) is 29.2 Å². The van der Waals surface area contributed by atoms with Gasteiger partial charge in [0.2, 0.25) is 12.3 Å². The number of oxazole rings is 1. The van der Waals surface area contributed by atoms with Gasteiger partial charge in [-0.3, -0.25) is 14.6 Å². The number of amides is 2. The molecule has 14 heteroatoms. The van der Waals surface area contributed by atoms with Crippen molar-refractivity contribution in [3.63, 3.8) is 0 Å². The SMILES string of the molecule is Cc1ccc(-n2cc(NC=O)c(C(N)=O)n2)cn1.Cc1coc(-c2ccnc(NCC(F)(F)F)c2)n1. The van der Waals surface area contributed by atoms with Crippen LogP contribution in [0.2, 0.25) is 0 Å². The van der Waals surface area contributed by atoms with Crippen molar-refractivity contribution in [3.05, 3.63) is 66.2 Å². The molecule has 0 unspecified atom stereocenters. The molecule has 36 heavy (non-hydrogen) atoms. The summed E-state index contributed by atoms with van der Waals surface area (Å²) >= 11 is 0. The van der Waals surface area contributed by atoms with Gasteiger partial charge in [0.05, 0.1) is 29.5 Å². The van der Waals surface area contributed by atoms with Gasteiger partial charge in [-0.25, -0.2) is 14.6 Å². The van der Waals surface area contributed by atoms with E-state index in [1.807, 2.05) is 13.0 Å². The highest BCUT2D eigenvalue weighted by molar-refractivity contribution is 5.98. The first kappa shape index (κ1) is 25.9. The molecule has 0 saturated carbocycles. The van der Waals surface area contributed by atoms with Gasteiger partial charge in [-0.05, 0) is 38.1 Å². The Bertz CT molecular complexity index is 1330. The quantitative estimate of drug-likeness (QED) is 0.326. The van der Waals surface area contributed by atoms with E-state index in [-0.39, 0.29) is 17.2 Å². The Morgan fingerprint density at radius 2 is 1.97 bits per heavy atom. The zero-order valence-corrected chi connectivity index (χ0v) is 19.1. The number of pyridine rings is 2. The lowest BCUT2D eigenvalue weighted by molar-refractivity contribution is -0.115. The molecule has 0 aliphatic heterocycles. The van der Waals surface area contributed by atoms with Crippen LogP contribution >= 0.6 is 0 Å². The summed E-state index contributed by atoms with van der Waals surface area (Å²) in [5.41, 5.74) is 8.25. The molecule has 4 aromatic heterocycles. The van der Waals surface area contributed by atoms with Crippen molar-refractivity contribution >= 4 is 23.8 Å². The Morgan fingerprint density at radius 1 is 1.19 bits per heavy atom. The zero-order chi connectivity index (χ0) is 26.3. The van der Waals surface area contributed by atoms with Crippen LogP contribution in [0.15, 0.2) is 53.5 Å². The lowest BCUT2D eigenvalue weighted by Gasteiger charge is -2.08. The molecule has 4 rings (SSSR count). The van der Waals surface area contributed by atoms with Gasteiger partial charge >= 0.3 is 6.18 Å². The maximum absolute atomic E-state index is 12.0. The summed E-state index contributed by atoms with van der Waals surface area (Å²) in [6, 6.07) is 6.68. The fraction of sp³-hybridized carbons (Fsp3) is 0.182. The average molecular weight is 502 g/mol. The number of nitrogens with zero attached hydrogens (tertiary/aromatic N) is 5. The lowest BCUT2D eigenvalue weighted by atomic mass is 10.2. The molecule has 0 atom stereocenters. The highest BCUT2D eigenvalue weighted by Gasteiger charge is 2.26. The number of carbonyl (C=O) groups is 2. The van der Waals surface area contributed by atoms with E-state index in [4.69, 9.17) is 10.2 Å². The van der Waals surface area contributed by atoms with Gasteiger partial charge in [0.1, 0.15) is 18.6 Å². The molecular weight excluding hydrogens is 481 g/mol. The molecule has 0 bridgehead atoms. The van der Waals surface area contributed by atoms with Gasteiger partial charge in [0, 0.05) is 17.5 Å². The Balaban J connectivity index is 0.000000201. The molecule has 0 radical (unpaired) electrons. The van der Waals surface area contributed by atoms with Crippen molar-refractivity contribution in [1.82, 2.24) is 24.7 Å². The number of aryl methyl sites for hydroxylation is 2. The van der Waals surface area contributed by atoms with Crippen molar-refractivity contribution < 1.29 is 27.2 Å². The van der Waals surface area contributed by atoms with E-state index in [2.05, 4.69) is 30.7 Å². The molecule has 0 aliphatic carbocycles. The summed E-state index contributed by atoms with van der Waals surface area (Å²) in [5.74, 6) is -0.233. The number of aromatic nitrogens is 5. The minimum Gasteiger partial charge on any atom is -0.444 e. The maximum atomic E-state index is 12.0. The van der Waals surface area contributed by atoms with E-state index < -0.39 is 18.6 Å². The number of hydrogen-bond acceptors (Lipinski definition) is 8.